The largest absolute Gasteiger partial charge is 0.455 e. The number of anilines is 1. The fraction of sp³-hybridized carbons (Fsp3) is 0.174. The van der Waals surface area contributed by atoms with Gasteiger partial charge in [0.05, 0.1) is 39.3 Å². The lowest BCUT2D eigenvalue weighted by Gasteiger charge is -2.15. The van der Waals surface area contributed by atoms with Gasteiger partial charge in [-0.15, -0.1) is 10.2 Å². The van der Waals surface area contributed by atoms with E-state index < -0.39 is 23.8 Å². The van der Waals surface area contributed by atoms with Gasteiger partial charge in [0, 0.05) is 12.1 Å². The number of aryl methyl sites for hydroxylation is 1. The van der Waals surface area contributed by atoms with Gasteiger partial charge in [0.25, 0.3) is 17.6 Å². The molecule has 0 aliphatic rings. The quantitative estimate of drug-likeness (QED) is 0.352. The Morgan fingerprint density at radius 3 is 2.49 bits per heavy atom. The summed E-state index contributed by atoms with van der Waals surface area (Å²) in [5.41, 5.74) is 1.01. The van der Waals surface area contributed by atoms with E-state index in [1.807, 2.05) is 6.07 Å². The number of hydrogen-bond acceptors (Lipinski definition) is 7. The van der Waals surface area contributed by atoms with Gasteiger partial charge in [-0.2, -0.15) is 28.3 Å². The van der Waals surface area contributed by atoms with Gasteiger partial charge in [-0.3, -0.25) is 9.59 Å². The first-order chi connectivity index (χ1) is 18.4. The van der Waals surface area contributed by atoms with Crippen molar-refractivity contribution in [2.24, 2.45) is 0 Å². The Morgan fingerprint density at radius 2 is 1.85 bits per heavy atom. The van der Waals surface area contributed by atoms with Crippen molar-refractivity contribution in [1.29, 1.82) is 5.26 Å². The van der Waals surface area contributed by atoms with E-state index in [0.29, 0.717) is 10.4 Å². The molecule has 0 saturated carbocycles. The van der Waals surface area contributed by atoms with E-state index in [2.05, 4.69) is 31.1 Å². The lowest BCUT2D eigenvalue weighted by Crippen LogP contribution is -2.23. The normalized spacial score (nSPS) is 11.2. The van der Waals surface area contributed by atoms with Gasteiger partial charge >= 0.3 is 6.18 Å². The molecule has 4 aromatic rings. The molecule has 0 fully saturated rings. The number of aromatic nitrogens is 6. The SMILES string of the molecule is CNC(=O)c1cc(C#N)cc(C)c1NC(=O)c1cc(Cn2nnc(C(F)(F)F)n2)nn1-c1cc(Cl)ccc1Cl. The number of nitrogens with zero attached hydrogens (tertiary/aromatic N) is 7. The van der Waals surface area contributed by atoms with E-state index in [9.17, 15) is 28.0 Å². The van der Waals surface area contributed by atoms with E-state index >= 15 is 0 Å². The van der Waals surface area contributed by atoms with E-state index in [4.69, 9.17) is 23.2 Å². The molecule has 0 saturated heterocycles. The number of tetrazole rings is 1. The Labute approximate surface area is 228 Å². The molecular formula is C23H16Cl2F3N9O2. The summed E-state index contributed by atoms with van der Waals surface area (Å²) >= 11 is 12.5. The van der Waals surface area contributed by atoms with Crippen LogP contribution in [0.1, 0.15) is 43.5 Å². The summed E-state index contributed by atoms with van der Waals surface area (Å²) in [6, 6.07) is 10.5. The molecule has 2 aromatic heterocycles. The third-order valence-electron chi connectivity index (χ3n) is 5.31. The first-order valence-electron chi connectivity index (χ1n) is 10.9. The molecule has 2 heterocycles. The zero-order valence-corrected chi connectivity index (χ0v) is 21.5. The van der Waals surface area contributed by atoms with Crippen molar-refractivity contribution in [1.82, 2.24) is 35.3 Å². The van der Waals surface area contributed by atoms with E-state index in [1.165, 1.54) is 43.4 Å². The van der Waals surface area contributed by atoms with Crippen LogP contribution >= 0.6 is 23.2 Å². The van der Waals surface area contributed by atoms with Gasteiger partial charge in [-0.25, -0.2) is 4.68 Å². The van der Waals surface area contributed by atoms with E-state index in [1.54, 1.807) is 6.92 Å². The Hall–Kier alpha value is -4.48. The fourth-order valence-corrected chi connectivity index (χ4v) is 3.94. The molecule has 0 radical (unpaired) electrons. The molecule has 2 amide bonds. The highest BCUT2D eigenvalue weighted by atomic mass is 35.5. The number of halogens is 5. The molecule has 39 heavy (non-hydrogen) atoms. The lowest BCUT2D eigenvalue weighted by molar-refractivity contribution is -0.145. The molecule has 200 valence electrons. The van der Waals surface area contributed by atoms with Crippen LogP contribution in [0.15, 0.2) is 36.4 Å². The summed E-state index contributed by atoms with van der Waals surface area (Å²) in [5, 5.41) is 28.8. The minimum absolute atomic E-state index is 0.0426. The molecule has 0 aliphatic heterocycles. The number of carbonyl (C=O) groups excluding carboxylic acids is 2. The van der Waals surface area contributed by atoms with Crippen molar-refractivity contribution in [3.63, 3.8) is 0 Å². The second-order valence-corrected chi connectivity index (χ2v) is 8.87. The summed E-state index contributed by atoms with van der Waals surface area (Å²) in [4.78, 5) is 26.7. The van der Waals surface area contributed by atoms with Gasteiger partial charge in [0.15, 0.2) is 0 Å². The van der Waals surface area contributed by atoms with Gasteiger partial charge in [-0.05, 0) is 54.1 Å². The van der Waals surface area contributed by atoms with Crippen LogP contribution in [0, 0.1) is 18.3 Å². The zero-order valence-electron chi connectivity index (χ0n) is 20.0. The van der Waals surface area contributed by atoms with Gasteiger partial charge in [0.2, 0.25) is 0 Å². The van der Waals surface area contributed by atoms with Crippen molar-refractivity contribution >= 4 is 40.7 Å². The van der Waals surface area contributed by atoms with Crippen molar-refractivity contribution in [3.8, 4) is 11.8 Å². The minimum Gasteiger partial charge on any atom is -0.355 e. The number of nitrogens with one attached hydrogen (secondary N) is 2. The second kappa shape index (κ2) is 10.7. The molecule has 2 N–H and O–H groups in total. The molecular weight excluding hydrogens is 562 g/mol. The molecule has 0 atom stereocenters. The maximum absolute atomic E-state index is 13.5. The molecule has 2 aromatic carbocycles. The Balaban J connectivity index is 1.78. The highest BCUT2D eigenvalue weighted by Crippen LogP contribution is 2.28. The van der Waals surface area contributed by atoms with Gasteiger partial charge < -0.3 is 10.6 Å². The number of benzene rings is 2. The third-order valence-corrected chi connectivity index (χ3v) is 5.87. The van der Waals surface area contributed by atoms with Crippen LogP contribution in [0.25, 0.3) is 5.69 Å². The topological polar surface area (TPSA) is 143 Å². The number of rotatable bonds is 6. The van der Waals surface area contributed by atoms with Crippen molar-refractivity contribution in [3.05, 3.63) is 80.3 Å². The van der Waals surface area contributed by atoms with E-state index in [-0.39, 0.29) is 50.5 Å². The van der Waals surface area contributed by atoms with Gasteiger partial charge in [-0.1, -0.05) is 23.2 Å². The predicted octanol–water partition coefficient (Wildman–Crippen LogP) is 4.02. The monoisotopic (exact) mass is 577 g/mol. The van der Waals surface area contributed by atoms with Crippen LogP contribution in [-0.2, 0) is 12.7 Å². The summed E-state index contributed by atoms with van der Waals surface area (Å²) in [5.74, 6) is -2.73. The summed E-state index contributed by atoms with van der Waals surface area (Å²) in [6.45, 7) is 1.24. The van der Waals surface area contributed by atoms with Crippen molar-refractivity contribution in [2.45, 2.75) is 19.6 Å². The number of hydrogen-bond donors (Lipinski definition) is 2. The highest BCUT2D eigenvalue weighted by molar-refractivity contribution is 6.34. The first-order valence-corrected chi connectivity index (χ1v) is 11.6. The first kappa shape index (κ1) is 27.6. The average molecular weight is 578 g/mol. The van der Waals surface area contributed by atoms with Crippen LogP contribution in [0.2, 0.25) is 10.0 Å². The number of carbonyl (C=O) groups is 2. The predicted molar refractivity (Wildman–Crippen MR) is 133 cm³/mol. The molecule has 0 unspecified atom stereocenters. The Bertz CT molecular complexity index is 1640. The van der Waals surface area contributed by atoms with Crippen LogP contribution in [0.5, 0.6) is 0 Å². The highest BCUT2D eigenvalue weighted by Gasteiger charge is 2.37. The third kappa shape index (κ3) is 5.84. The Morgan fingerprint density at radius 1 is 1.10 bits per heavy atom. The molecule has 0 bridgehead atoms. The Kier molecular flexibility index (Phi) is 7.57. The zero-order chi connectivity index (χ0) is 28.5. The molecule has 0 aliphatic carbocycles. The summed E-state index contributed by atoms with van der Waals surface area (Å²) in [6.07, 6.45) is -4.79. The van der Waals surface area contributed by atoms with Crippen molar-refractivity contribution < 1.29 is 22.8 Å². The van der Waals surface area contributed by atoms with Crippen LogP contribution in [0.3, 0.4) is 0 Å². The fourth-order valence-electron chi connectivity index (χ4n) is 3.58. The van der Waals surface area contributed by atoms with Crippen LogP contribution in [-0.4, -0.2) is 48.8 Å². The van der Waals surface area contributed by atoms with E-state index in [0.717, 1.165) is 4.68 Å². The molecule has 16 heteroatoms. The summed E-state index contributed by atoms with van der Waals surface area (Å²) in [7, 11) is 1.40. The standard InChI is InChI=1S/C23H16Cl2F3N9O2/c1-11-5-12(9-29)6-15(20(38)30-2)19(11)31-21(39)18-8-14(10-36-34-22(32-35-36)23(26,27)28)33-37(18)17-7-13(24)3-4-16(17)25/h3-8H,10H2,1-2H3,(H,30,38)(H,31,39). The number of amides is 2. The molecule has 4 rings (SSSR count). The average Bonchev–Trinajstić information content (AvgIpc) is 3.53. The summed E-state index contributed by atoms with van der Waals surface area (Å²) < 4.78 is 39.8. The minimum atomic E-state index is -4.79. The number of nitriles is 1. The van der Waals surface area contributed by atoms with Crippen LogP contribution in [0.4, 0.5) is 18.9 Å². The molecule has 11 nitrogen and oxygen atoms in total. The molecule has 0 spiro atoms. The van der Waals surface area contributed by atoms with Crippen LogP contribution < -0.4 is 10.6 Å². The van der Waals surface area contributed by atoms with Crippen molar-refractivity contribution in [2.75, 3.05) is 12.4 Å². The van der Waals surface area contributed by atoms with Gasteiger partial charge in [0.1, 0.15) is 12.2 Å². The second-order valence-electron chi connectivity index (χ2n) is 8.03. The maximum Gasteiger partial charge on any atom is 0.455 e. The number of alkyl halides is 3. The maximum atomic E-state index is 13.5. The lowest BCUT2D eigenvalue weighted by atomic mass is 10.0. The smallest absolute Gasteiger partial charge is 0.355 e.